The van der Waals surface area contributed by atoms with Crippen LogP contribution < -0.4 is 0 Å². The number of hydrogen-bond donors (Lipinski definition) is 1. The number of aromatic nitrogens is 1. The van der Waals surface area contributed by atoms with Crippen molar-refractivity contribution >= 4 is 5.97 Å². The van der Waals surface area contributed by atoms with Crippen LogP contribution >= 0.6 is 0 Å². The molecule has 5 nitrogen and oxygen atoms in total. The first kappa shape index (κ1) is 9.21. The second-order valence-electron chi connectivity index (χ2n) is 3.51. The van der Waals surface area contributed by atoms with E-state index in [-0.39, 0.29) is 11.9 Å². The van der Waals surface area contributed by atoms with Gasteiger partial charge in [-0.15, -0.1) is 0 Å². The van der Waals surface area contributed by atoms with Crippen LogP contribution in [0.4, 0.5) is 0 Å². The van der Waals surface area contributed by atoms with E-state index in [4.69, 9.17) is 9.52 Å². The summed E-state index contributed by atoms with van der Waals surface area (Å²) in [5.41, 5.74) is 0. The number of oxazole rings is 1. The second kappa shape index (κ2) is 3.42. The molecule has 0 amide bonds. The fourth-order valence-electron chi connectivity index (χ4n) is 1.81. The van der Waals surface area contributed by atoms with Gasteiger partial charge in [-0.1, -0.05) is 0 Å². The van der Waals surface area contributed by atoms with Crippen molar-refractivity contribution in [3.63, 3.8) is 0 Å². The average Bonchev–Trinajstić information content (AvgIpc) is 2.71. The van der Waals surface area contributed by atoms with Gasteiger partial charge in [0.15, 0.2) is 0 Å². The van der Waals surface area contributed by atoms with Crippen LogP contribution in [-0.2, 0) is 0 Å². The first-order chi connectivity index (χ1) is 6.68. The fourth-order valence-corrected chi connectivity index (χ4v) is 1.81. The van der Waals surface area contributed by atoms with Gasteiger partial charge in [-0.25, -0.2) is 9.78 Å². The molecule has 1 fully saturated rings. The molecule has 0 spiro atoms. The van der Waals surface area contributed by atoms with Crippen LogP contribution in [-0.4, -0.2) is 34.6 Å². The number of carboxylic acid groups (broad SMARTS) is 1. The second-order valence-corrected chi connectivity index (χ2v) is 3.51. The van der Waals surface area contributed by atoms with E-state index >= 15 is 0 Å². The maximum absolute atomic E-state index is 10.5. The van der Waals surface area contributed by atoms with Crippen molar-refractivity contribution in [3.05, 3.63) is 17.8 Å². The number of likely N-dealkylation sites (tertiary alicyclic amines) is 1. The SMILES string of the molecule is CN1CCCC1c1cnc(C(=O)O)o1. The van der Waals surface area contributed by atoms with E-state index < -0.39 is 5.97 Å². The Morgan fingerprint density at radius 2 is 2.57 bits per heavy atom. The Labute approximate surface area is 81.3 Å². The zero-order chi connectivity index (χ0) is 10.1. The molecule has 2 heterocycles. The summed E-state index contributed by atoms with van der Waals surface area (Å²) >= 11 is 0. The number of aromatic carboxylic acids is 1. The summed E-state index contributed by atoms with van der Waals surface area (Å²) in [6, 6.07) is 0.190. The lowest BCUT2D eigenvalue weighted by Crippen LogP contribution is -2.16. The van der Waals surface area contributed by atoms with Crippen molar-refractivity contribution in [2.75, 3.05) is 13.6 Å². The highest BCUT2D eigenvalue weighted by Gasteiger charge is 2.26. The predicted molar refractivity (Wildman–Crippen MR) is 48.1 cm³/mol. The molecule has 1 unspecified atom stereocenters. The van der Waals surface area contributed by atoms with E-state index in [0.29, 0.717) is 5.76 Å². The van der Waals surface area contributed by atoms with Gasteiger partial charge in [0.2, 0.25) is 0 Å². The molecule has 0 bridgehead atoms. The first-order valence-corrected chi connectivity index (χ1v) is 4.58. The molecule has 76 valence electrons. The van der Waals surface area contributed by atoms with E-state index in [1.54, 1.807) is 0 Å². The Bertz CT molecular complexity index is 348. The predicted octanol–water partition coefficient (Wildman–Crippen LogP) is 1.14. The third-order valence-electron chi connectivity index (χ3n) is 2.56. The fraction of sp³-hybridized carbons (Fsp3) is 0.556. The van der Waals surface area contributed by atoms with E-state index in [1.807, 2.05) is 7.05 Å². The van der Waals surface area contributed by atoms with Crippen molar-refractivity contribution < 1.29 is 14.3 Å². The van der Waals surface area contributed by atoms with Crippen molar-refractivity contribution in [1.82, 2.24) is 9.88 Å². The first-order valence-electron chi connectivity index (χ1n) is 4.58. The van der Waals surface area contributed by atoms with Gasteiger partial charge in [0.25, 0.3) is 0 Å². The molecule has 1 atom stereocenters. The molecule has 5 heteroatoms. The summed E-state index contributed by atoms with van der Waals surface area (Å²) in [6.45, 7) is 1.02. The largest absolute Gasteiger partial charge is 0.474 e. The zero-order valence-electron chi connectivity index (χ0n) is 7.93. The maximum Gasteiger partial charge on any atom is 0.392 e. The summed E-state index contributed by atoms with van der Waals surface area (Å²) in [5.74, 6) is -0.681. The summed E-state index contributed by atoms with van der Waals surface area (Å²) < 4.78 is 5.15. The maximum atomic E-state index is 10.5. The number of carbonyl (C=O) groups is 1. The van der Waals surface area contributed by atoms with Gasteiger partial charge in [-0.05, 0) is 26.4 Å². The monoisotopic (exact) mass is 196 g/mol. The lowest BCUT2D eigenvalue weighted by Gasteiger charge is -2.15. The summed E-state index contributed by atoms with van der Waals surface area (Å²) in [4.78, 5) is 16.4. The Hall–Kier alpha value is -1.36. The highest BCUT2D eigenvalue weighted by atomic mass is 16.4. The smallest absolute Gasteiger partial charge is 0.392 e. The molecule has 1 aliphatic heterocycles. The molecule has 1 aliphatic rings. The minimum atomic E-state index is -1.11. The molecular formula is C9H12N2O3. The molecule has 0 aliphatic carbocycles. The molecular weight excluding hydrogens is 184 g/mol. The molecule has 1 aromatic rings. The lowest BCUT2D eigenvalue weighted by molar-refractivity contribution is 0.0649. The number of hydrogen-bond acceptors (Lipinski definition) is 4. The van der Waals surface area contributed by atoms with Crippen LogP contribution in [0.15, 0.2) is 10.6 Å². The summed E-state index contributed by atoms with van der Waals surface area (Å²) in [6.07, 6.45) is 3.63. The van der Waals surface area contributed by atoms with Crippen LogP contribution in [0.1, 0.15) is 35.3 Å². The molecule has 2 rings (SSSR count). The number of carboxylic acids is 1. The van der Waals surface area contributed by atoms with Gasteiger partial charge in [-0.3, -0.25) is 4.90 Å². The van der Waals surface area contributed by atoms with Gasteiger partial charge < -0.3 is 9.52 Å². The highest BCUT2D eigenvalue weighted by Crippen LogP contribution is 2.30. The van der Waals surface area contributed by atoms with Gasteiger partial charge in [0.1, 0.15) is 5.76 Å². The average molecular weight is 196 g/mol. The lowest BCUT2D eigenvalue weighted by atomic mass is 10.2. The Balaban J connectivity index is 2.20. The van der Waals surface area contributed by atoms with E-state index in [2.05, 4.69) is 9.88 Å². The summed E-state index contributed by atoms with van der Waals surface area (Å²) in [7, 11) is 2.00. The van der Waals surface area contributed by atoms with E-state index in [1.165, 1.54) is 6.20 Å². The minimum Gasteiger partial charge on any atom is -0.474 e. The quantitative estimate of drug-likeness (QED) is 0.768. The van der Waals surface area contributed by atoms with Crippen LogP contribution in [0.25, 0.3) is 0 Å². The van der Waals surface area contributed by atoms with Gasteiger partial charge in [0, 0.05) is 0 Å². The molecule has 14 heavy (non-hydrogen) atoms. The highest BCUT2D eigenvalue weighted by molar-refractivity contribution is 5.81. The number of rotatable bonds is 2. The Morgan fingerprint density at radius 3 is 3.07 bits per heavy atom. The van der Waals surface area contributed by atoms with Crippen molar-refractivity contribution in [2.24, 2.45) is 0 Å². The van der Waals surface area contributed by atoms with Crippen LogP contribution in [0, 0.1) is 0 Å². The van der Waals surface area contributed by atoms with Gasteiger partial charge >= 0.3 is 11.9 Å². The zero-order valence-corrected chi connectivity index (χ0v) is 7.93. The van der Waals surface area contributed by atoms with Crippen LogP contribution in [0.2, 0.25) is 0 Å². The third-order valence-corrected chi connectivity index (χ3v) is 2.56. The van der Waals surface area contributed by atoms with E-state index in [0.717, 1.165) is 19.4 Å². The van der Waals surface area contributed by atoms with E-state index in [9.17, 15) is 4.79 Å². The normalized spacial score (nSPS) is 22.8. The topological polar surface area (TPSA) is 66.6 Å². The number of nitrogens with zero attached hydrogens (tertiary/aromatic N) is 2. The molecule has 1 aromatic heterocycles. The molecule has 1 saturated heterocycles. The minimum absolute atomic E-state index is 0.190. The van der Waals surface area contributed by atoms with Crippen LogP contribution in [0.3, 0.4) is 0 Å². The third kappa shape index (κ3) is 1.50. The van der Waals surface area contributed by atoms with Crippen LogP contribution in [0.5, 0.6) is 0 Å². The van der Waals surface area contributed by atoms with Gasteiger partial charge in [-0.2, -0.15) is 0 Å². The van der Waals surface area contributed by atoms with Gasteiger partial charge in [0.05, 0.1) is 12.2 Å². The Kier molecular flexibility index (Phi) is 2.25. The standard InChI is InChI=1S/C9H12N2O3/c1-11-4-2-3-6(11)7-5-10-8(14-7)9(12)13/h5-6H,2-4H2,1H3,(H,12,13). The molecule has 0 saturated carbocycles. The van der Waals surface area contributed by atoms with Crippen molar-refractivity contribution in [3.8, 4) is 0 Å². The van der Waals surface area contributed by atoms with Crippen molar-refractivity contribution in [1.29, 1.82) is 0 Å². The summed E-state index contributed by atoms with van der Waals surface area (Å²) in [5, 5.41) is 8.64. The van der Waals surface area contributed by atoms with Crippen molar-refractivity contribution in [2.45, 2.75) is 18.9 Å². The molecule has 1 N–H and O–H groups in total. The molecule has 0 aromatic carbocycles. The Morgan fingerprint density at radius 1 is 1.79 bits per heavy atom. The molecule has 0 radical (unpaired) electrons.